The molecule has 0 atom stereocenters. The van der Waals surface area contributed by atoms with E-state index in [1.165, 1.54) is 16.7 Å². The Kier molecular flexibility index (Phi) is 5.56. The molecule has 122 valence electrons. The van der Waals surface area contributed by atoms with Crippen LogP contribution in [0.5, 0.6) is 0 Å². The van der Waals surface area contributed by atoms with Gasteiger partial charge in [0, 0.05) is 22.3 Å². The normalized spacial score (nSPS) is 12.9. The predicted octanol–water partition coefficient (Wildman–Crippen LogP) is 5.67. The Balaban J connectivity index is 1.83. The van der Waals surface area contributed by atoms with E-state index in [-0.39, 0.29) is 0 Å². The van der Waals surface area contributed by atoms with Crippen LogP contribution in [0.1, 0.15) is 48.9 Å². The number of hydrogen-bond acceptors (Lipinski definition) is 0. The van der Waals surface area contributed by atoms with Crippen LogP contribution < -0.4 is 0 Å². The van der Waals surface area contributed by atoms with Gasteiger partial charge >= 0.3 is 0 Å². The first-order valence-corrected chi connectivity index (χ1v) is 8.83. The van der Waals surface area contributed by atoms with Gasteiger partial charge in [-0.1, -0.05) is 66.5 Å². The summed E-state index contributed by atoms with van der Waals surface area (Å²) in [5.74, 6) is 13.2. The molecule has 0 saturated carbocycles. The molecule has 25 heavy (non-hydrogen) atoms. The summed E-state index contributed by atoms with van der Waals surface area (Å²) in [6.45, 7) is 4.34. The highest BCUT2D eigenvalue weighted by Crippen LogP contribution is 2.17. The van der Waals surface area contributed by atoms with Crippen molar-refractivity contribution in [3.8, 4) is 23.7 Å². The van der Waals surface area contributed by atoms with Crippen LogP contribution in [0.25, 0.3) is 0 Å². The van der Waals surface area contributed by atoms with Gasteiger partial charge in [-0.25, -0.2) is 0 Å². The van der Waals surface area contributed by atoms with E-state index in [9.17, 15) is 0 Å². The first-order chi connectivity index (χ1) is 12.2. The topological polar surface area (TPSA) is 0 Å². The van der Waals surface area contributed by atoms with Gasteiger partial charge in [0.1, 0.15) is 0 Å². The molecule has 2 aromatic rings. The predicted molar refractivity (Wildman–Crippen MR) is 106 cm³/mol. The average molecular weight is 322 g/mol. The maximum absolute atomic E-state index is 3.35. The molecule has 0 N–H and O–H groups in total. The maximum Gasteiger partial charge on any atom is 0.0281 e. The van der Waals surface area contributed by atoms with E-state index in [0.29, 0.717) is 0 Å². The lowest BCUT2D eigenvalue weighted by Crippen LogP contribution is -1.91. The lowest BCUT2D eigenvalue weighted by atomic mass is 9.98. The Morgan fingerprint density at radius 1 is 0.800 bits per heavy atom. The van der Waals surface area contributed by atoms with Crippen LogP contribution in [-0.4, -0.2) is 0 Å². The van der Waals surface area contributed by atoms with Crippen LogP contribution in [0.3, 0.4) is 0 Å². The van der Waals surface area contributed by atoms with Crippen LogP contribution in [0.2, 0.25) is 0 Å². The fourth-order valence-electron chi connectivity index (χ4n) is 2.74. The van der Waals surface area contributed by atoms with Crippen molar-refractivity contribution in [1.82, 2.24) is 0 Å². The largest absolute Gasteiger partial charge is 0.0729 e. The number of rotatable bonds is 1. The summed E-state index contributed by atoms with van der Waals surface area (Å²) in [7, 11) is 0. The van der Waals surface area contributed by atoms with Gasteiger partial charge in [-0.2, -0.15) is 0 Å². The van der Waals surface area contributed by atoms with Gasteiger partial charge in [-0.3, -0.25) is 0 Å². The van der Waals surface area contributed by atoms with Gasteiger partial charge in [-0.15, -0.1) is 0 Å². The van der Waals surface area contributed by atoms with Gasteiger partial charge < -0.3 is 0 Å². The molecule has 0 saturated heterocycles. The molecule has 1 aliphatic carbocycles. The van der Waals surface area contributed by atoms with Crippen molar-refractivity contribution in [1.29, 1.82) is 0 Å². The first kappa shape index (κ1) is 16.9. The molecule has 3 rings (SSSR count). The number of benzene rings is 2. The molecule has 1 aliphatic rings. The van der Waals surface area contributed by atoms with Crippen molar-refractivity contribution in [2.24, 2.45) is 0 Å². The van der Waals surface area contributed by atoms with Crippen LogP contribution in [0.4, 0.5) is 0 Å². The van der Waals surface area contributed by atoms with Gasteiger partial charge in [0.2, 0.25) is 0 Å². The van der Waals surface area contributed by atoms with Gasteiger partial charge in [0.25, 0.3) is 0 Å². The van der Waals surface area contributed by atoms with E-state index in [0.717, 1.165) is 36.0 Å². The molecule has 0 heteroatoms. The molecule has 0 aromatic heterocycles. The van der Waals surface area contributed by atoms with Crippen LogP contribution in [-0.2, 0) is 6.42 Å². The summed E-state index contributed by atoms with van der Waals surface area (Å²) in [5.41, 5.74) is 7.11. The maximum atomic E-state index is 3.35. The Labute approximate surface area is 151 Å². The third kappa shape index (κ3) is 4.76. The summed E-state index contributed by atoms with van der Waals surface area (Å²) in [5, 5.41) is 0. The highest BCUT2D eigenvalue weighted by Gasteiger charge is 2.02. The molecule has 0 bridgehead atoms. The molecule has 0 amide bonds. The second-order valence-corrected chi connectivity index (χ2v) is 6.30. The van der Waals surface area contributed by atoms with Crippen molar-refractivity contribution in [2.75, 3.05) is 0 Å². The fraction of sp³-hybridized carbons (Fsp3) is 0.200. The minimum Gasteiger partial charge on any atom is -0.0729 e. The third-order valence-corrected chi connectivity index (χ3v) is 4.33. The standard InChI is InChI=1S/C25H22/c1-3-24-19-23(14-13-21-7-5-4-6-8-21)16-18-25(24)17-15-22-11-9-20(2)10-12-22/h4-9,11,16,18-19H,3,10,12H2,1-2H3. The zero-order valence-electron chi connectivity index (χ0n) is 14.9. The lowest BCUT2D eigenvalue weighted by molar-refractivity contribution is 0.934. The zero-order valence-corrected chi connectivity index (χ0v) is 14.9. The molecule has 0 radical (unpaired) electrons. The average Bonchev–Trinajstić information content (AvgIpc) is 2.67. The van der Waals surface area contributed by atoms with Crippen molar-refractivity contribution in [2.45, 2.75) is 33.1 Å². The second kappa shape index (κ2) is 8.23. The summed E-state index contributed by atoms with van der Waals surface area (Å²) in [4.78, 5) is 0. The molecule has 0 heterocycles. The van der Waals surface area contributed by atoms with E-state index < -0.39 is 0 Å². The van der Waals surface area contributed by atoms with Crippen molar-refractivity contribution >= 4 is 0 Å². The molecular formula is C25H22. The lowest BCUT2D eigenvalue weighted by Gasteiger charge is -2.06. The van der Waals surface area contributed by atoms with Gasteiger partial charge in [0.05, 0.1) is 0 Å². The number of aryl methyl sites for hydroxylation is 1. The second-order valence-electron chi connectivity index (χ2n) is 6.30. The highest BCUT2D eigenvalue weighted by atomic mass is 14.1. The minimum atomic E-state index is 0.961. The van der Waals surface area contributed by atoms with Gasteiger partial charge in [-0.05, 0) is 62.1 Å². The Hall–Kier alpha value is -2.96. The summed E-state index contributed by atoms with van der Waals surface area (Å²) < 4.78 is 0. The summed E-state index contributed by atoms with van der Waals surface area (Å²) in [6.07, 6.45) is 7.46. The van der Waals surface area contributed by atoms with E-state index in [1.54, 1.807) is 0 Å². The Morgan fingerprint density at radius 2 is 1.60 bits per heavy atom. The molecule has 2 aromatic carbocycles. The van der Waals surface area contributed by atoms with Gasteiger partial charge in [0.15, 0.2) is 0 Å². The van der Waals surface area contributed by atoms with Crippen LogP contribution >= 0.6 is 0 Å². The van der Waals surface area contributed by atoms with E-state index >= 15 is 0 Å². The van der Waals surface area contributed by atoms with E-state index in [1.807, 2.05) is 30.3 Å². The van der Waals surface area contributed by atoms with Crippen molar-refractivity contribution < 1.29 is 0 Å². The molecule has 0 aliphatic heterocycles. The molecule has 0 spiro atoms. The highest BCUT2D eigenvalue weighted by molar-refractivity contribution is 5.51. The fourth-order valence-corrected chi connectivity index (χ4v) is 2.74. The van der Waals surface area contributed by atoms with Crippen molar-refractivity contribution in [3.63, 3.8) is 0 Å². The first-order valence-electron chi connectivity index (χ1n) is 8.83. The number of hydrogen-bond donors (Lipinski definition) is 0. The minimum absolute atomic E-state index is 0.961. The van der Waals surface area contributed by atoms with E-state index in [2.05, 4.69) is 67.9 Å². The monoisotopic (exact) mass is 322 g/mol. The smallest absolute Gasteiger partial charge is 0.0281 e. The summed E-state index contributed by atoms with van der Waals surface area (Å²) >= 11 is 0. The molecule has 0 unspecified atom stereocenters. The number of allylic oxidation sites excluding steroid dienone is 4. The zero-order chi connectivity index (χ0) is 17.5. The van der Waals surface area contributed by atoms with Crippen molar-refractivity contribution in [3.05, 3.63) is 94.1 Å². The van der Waals surface area contributed by atoms with E-state index in [4.69, 9.17) is 0 Å². The molecule has 0 nitrogen and oxygen atoms in total. The Bertz CT molecular complexity index is 932. The SMILES string of the molecule is CCc1cc(C#Cc2ccccc2)ccc1C#CC1=CC=C(C)CC1. The van der Waals surface area contributed by atoms with Crippen LogP contribution in [0, 0.1) is 23.7 Å². The molecule has 0 fully saturated rings. The van der Waals surface area contributed by atoms with Crippen LogP contribution in [0.15, 0.2) is 71.8 Å². The Morgan fingerprint density at radius 3 is 2.32 bits per heavy atom. The summed E-state index contributed by atoms with van der Waals surface area (Å²) in [6, 6.07) is 16.4. The molecular weight excluding hydrogens is 300 g/mol. The third-order valence-electron chi connectivity index (χ3n) is 4.33. The quantitative estimate of drug-likeness (QED) is 0.594.